The molecule has 2 aliphatic rings. The number of pyridine rings is 1. The van der Waals surface area contributed by atoms with Crippen molar-refractivity contribution in [1.82, 2.24) is 15.2 Å². The maximum absolute atomic E-state index is 13.0. The van der Waals surface area contributed by atoms with Gasteiger partial charge in [0.25, 0.3) is 0 Å². The highest BCUT2D eigenvalue weighted by molar-refractivity contribution is 5.83. The van der Waals surface area contributed by atoms with Crippen LogP contribution in [0.25, 0.3) is 0 Å². The van der Waals surface area contributed by atoms with Gasteiger partial charge in [-0.1, -0.05) is 19.9 Å². The molecule has 4 heteroatoms. The predicted octanol–water partition coefficient (Wildman–Crippen LogP) is 2.35. The number of hydrogen-bond donors (Lipinski definition) is 1. The van der Waals surface area contributed by atoms with E-state index >= 15 is 0 Å². The Bertz CT molecular complexity index is 496. The molecule has 3 rings (SSSR count). The van der Waals surface area contributed by atoms with Gasteiger partial charge in [-0.3, -0.25) is 9.78 Å². The monoisotopic (exact) mass is 287 g/mol. The number of nitrogens with one attached hydrogen (secondary N) is 1. The van der Waals surface area contributed by atoms with Crippen LogP contribution < -0.4 is 5.32 Å². The van der Waals surface area contributed by atoms with Crippen molar-refractivity contribution in [3.8, 4) is 0 Å². The van der Waals surface area contributed by atoms with Crippen molar-refractivity contribution in [2.24, 2.45) is 5.41 Å². The Hall–Kier alpha value is -1.42. The van der Waals surface area contributed by atoms with Crippen LogP contribution in [0.5, 0.6) is 0 Å². The molecule has 1 amide bonds. The zero-order valence-electron chi connectivity index (χ0n) is 13.0. The normalized spacial score (nSPS) is 24.6. The lowest BCUT2D eigenvalue weighted by Crippen LogP contribution is -2.56. The first-order valence-corrected chi connectivity index (χ1v) is 8.01. The van der Waals surface area contributed by atoms with E-state index in [1.165, 1.54) is 0 Å². The van der Waals surface area contributed by atoms with Gasteiger partial charge in [0.15, 0.2) is 0 Å². The van der Waals surface area contributed by atoms with Crippen LogP contribution in [0.4, 0.5) is 0 Å². The lowest BCUT2D eigenvalue weighted by atomic mass is 9.77. The number of hydrogen-bond acceptors (Lipinski definition) is 3. The molecule has 1 atom stereocenters. The molecule has 0 spiro atoms. The highest BCUT2D eigenvalue weighted by Gasteiger charge is 2.42. The van der Waals surface area contributed by atoms with Crippen LogP contribution in [0.2, 0.25) is 0 Å². The third-order valence-electron chi connectivity index (χ3n) is 4.72. The molecular weight excluding hydrogens is 262 g/mol. The first-order chi connectivity index (χ1) is 10.1. The summed E-state index contributed by atoms with van der Waals surface area (Å²) in [5.74, 6) is 0.269. The second-order valence-electron chi connectivity index (χ2n) is 7.04. The lowest BCUT2D eigenvalue weighted by molar-refractivity contribution is -0.138. The van der Waals surface area contributed by atoms with E-state index < -0.39 is 0 Å². The van der Waals surface area contributed by atoms with E-state index in [2.05, 4.69) is 35.1 Å². The van der Waals surface area contributed by atoms with Gasteiger partial charge < -0.3 is 10.2 Å². The Morgan fingerprint density at radius 1 is 1.48 bits per heavy atom. The number of nitrogens with zero attached hydrogens (tertiary/aromatic N) is 2. The van der Waals surface area contributed by atoms with E-state index in [-0.39, 0.29) is 17.4 Å². The summed E-state index contributed by atoms with van der Waals surface area (Å²) in [5.41, 5.74) is 1.16. The number of rotatable bonds is 4. The third kappa shape index (κ3) is 3.26. The summed E-state index contributed by atoms with van der Waals surface area (Å²) in [5, 5.41) is 3.45. The van der Waals surface area contributed by atoms with Crippen molar-refractivity contribution in [2.75, 3.05) is 6.54 Å². The molecule has 4 nitrogen and oxygen atoms in total. The minimum absolute atomic E-state index is 0.0391. The molecule has 1 saturated heterocycles. The third-order valence-corrected chi connectivity index (χ3v) is 4.72. The Morgan fingerprint density at radius 3 is 2.90 bits per heavy atom. The summed E-state index contributed by atoms with van der Waals surface area (Å²) in [7, 11) is 0. The van der Waals surface area contributed by atoms with Gasteiger partial charge in [-0.05, 0) is 49.3 Å². The number of piperidine rings is 1. The Morgan fingerprint density at radius 2 is 2.29 bits per heavy atom. The molecular formula is C17H25N3O. The molecule has 0 bridgehead atoms. The van der Waals surface area contributed by atoms with Gasteiger partial charge in [-0.2, -0.15) is 0 Å². The van der Waals surface area contributed by atoms with Gasteiger partial charge in [0.05, 0.1) is 6.04 Å². The van der Waals surface area contributed by atoms with E-state index in [1.807, 2.05) is 12.3 Å². The molecule has 1 aromatic rings. The van der Waals surface area contributed by atoms with E-state index in [9.17, 15) is 4.79 Å². The lowest BCUT2D eigenvalue weighted by Gasteiger charge is -2.41. The zero-order chi connectivity index (χ0) is 14.9. The summed E-state index contributed by atoms with van der Waals surface area (Å²) in [4.78, 5) is 19.3. The van der Waals surface area contributed by atoms with Gasteiger partial charge in [0.2, 0.25) is 5.91 Å². The first kappa shape index (κ1) is 14.5. The second kappa shape index (κ2) is 5.76. The van der Waals surface area contributed by atoms with Crippen molar-refractivity contribution >= 4 is 5.91 Å². The van der Waals surface area contributed by atoms with Crippen molar-refractivity contribution in [3.05, 3.63) is 30.1 Å². The van der Waals surface area contributed by atoms with Gasteiger partial charge in [-0.15, -0.1) is 0 Å². The summed E-state index contributed by atoms with van der Waals surface area (Å²) in [6, 6.07) is 4.36. The number of carbonyl (C=O) groups excluding carboxylic acids is 1. The maximum Gasteiger partial charge on any atom is 0.240 e. The molecule has 114 valence electrons. The molecule has 2 heterocycles. The molecule has 0 radical (unpaired) electrons. The fourth-order valence-electron chi connectivity index (χ4n) is 3.26. The predicted molar refractivity (Wildman–Crippen MR) is 82.6 cm³/mol. The maximum atomic E-state index is 13.0. The molecule has 1 aromatic heterocycles. The van der Waals surface area contributed by atoms with Crippen molar-refractivity contribution in [2.45, 2.75) is 58.2 Å². The second-order valence-corrected chi connectivity index (χ2v) is 7.04. The largest absolute Gasteiger partial charge is 0.334 e. The SMILES string of the molecule is CC1(C)CCCNC1C(=O)N(Cc1cccnc1)C1CC1. The quantitative estimate of drug-likeness (QED) is 0.924. The fraction of sp³-hybridized carbons (Fsp3) is 0.647. The highest BCUT2D eigenvalue weighted by atomic mass is 16.2. The van der Waals surface area contributed by atoms with Crippen LogP contribution in [0.1, 0.15) is 45.1 Å². The van der Waals surface area contributed by atoms with Crippen LogP contribution in [0.3, 0.4) is 0 Å². The van der Waals surface area contributed by atoms with E-state index in [0.717, 1.165) is 37.8 Å². The number of amides is 1. The summed E-state index contributed by atoms with van der Waals surface area (Å²) in [6.45, 7) is 6.05. The van der Waals surface area contributed by atoms with E-state index in [0.29, 0.717) is 12.6 Å². The molecule has 2 fully saturated rings. The van der Waals surface area contributed by atoms with E-state index in [4.69, 9.17) is 0 Å². The highest BCUT2D eigenvalue weighted by Crippen LogP contribution is 2.35. The number of aromatic nitrogens is 1. The topological polar surface area (TPSA) is 45.2 Å². The Balaban J connectivity index is 1.76. The van der Waals surface area contributed by atoms with Gasteiger partial charge in [0.1, 0.15) is 0 Å². The summed E-state index contributed by atoms with van der Waals surface area (Å²) >= 11 is 0. The summed E-state index contributed by atoms with van der Waals surface area (Å²) < 4.78 is 0. The summed E-state index contributed by atoms with van der Waals surface area (Å²) in [6.07, 6.45) is 8.18. The van der Waals surface area contributed by atoms with Gasteiger partial charge in [-0.25, -0.2) is 0 Å². The van der Waals surface area contributed by atoms with Gasteiger partial charge >= 0.3 is 0 Å². The molecule has 21 heavy (non-hydrogen) atoms. The fourth-order valence-corrected chi connectivity index (χ4v) is 3.26. The average molecular weight is 287 g/mol. The molecule has 1 N–H and O–H groups in total. The number of carbonyl (C=O) groups is 1. The van der Waals surface area contributed by atoms with Gasteiger partial charge in [0, 0.05) is 25.0 Å². The molecule has 1 unspecified atom stereocenters. The zero-order valence-corrected chi connectivity index (χ0v) is 13.0. The molecule has 0 aromatic carbocycles. The molecule has 1 saturated carbocycles. The Labute approximate surface area is 126 Å². The average Bonchev–Trinajstić information content (AvgIpc) is 3.29. The van der Waals surface area contributed by atoms with E-state index in [1.54, 1.807) is 6.20 Å². The minimum Gasteiger partial charge on any atom is -0.334 e. The van der Waals surface area contributed by atoms with Crippen LogP contribution in [-0.4, -0.2) is 34.4 Å². The van der Waals surface area contributed by atoms with Crippen molar-refractivity contribution in [3.63, 3.8) is 0 Å². The van der Waals surface area contributed by atoms with Crippen LogP contribution >= 0.6 is 0 Å². The van der Waals surface area contributed by atoms with Crippen LogP contribution in [-0.2, 0) is 11.3 Å². The molecule has 1 aliphatic carbocycles. The van der Waals surface area contributed by atoms with Crippen molar-refractivity contribution in [1.29, 1.82) is 0 Å². The van der Waals surface area contributed by atoms with Crippen LogP contribution in [0.15, 0.2) is 24.5 Å². The minimum atomic E-state index is -0.0523. The van der Waals surface area contributed by atoms with Crippen LogP contribution in [0, 0.1) is 5.41 Å². The molecule has 1 aliphatic heterocycles. The smallest absolute Gasteiger partial charge is 0.240 e. The standard InChI is InChI=1S/C17H25N3O/c1-17(2)8-4-10-19-15(17)16(21)20(14-6-7-14)12-13-5-3-9-18-11-13/h3,5,9,11,14-15,19H,4,6-8,10,12H2,1-2H3. The first-order valence-electron chi connectivity index (χ1n) is 8.01. The van der Waals surface area contributed by atoms with Crippen molar-refractivity contribution < 1.29 is 4.79 Å². The Kier molecular flexibility index (Phi) is 3.98.